The molecule has 0 spiro atoms. The van der Waals surface area contributed by atoms with Crippen LogP contribution >= 0.6 is 11.6 Å². The Bertz CT molecular complexity index is 663. The van der Waals surface area contributed by atoms with Crippen molar-refractivity contribution in [1.29, 1.82) is 0 Å². The Morgan fingerprint density at radius 3 is 2.33 bits per heavy atom. The molecule has 0 aliphatic carbocycles. The predicted octanol–water partition coefficient (Wildman–Crippen LogP) is 3.68. The van der Waals surface area contributed by atoms with E-state index in [0.29, 0.717) is 17.3 Å². The van der Waals surface area contributed by atoms with Crippen molar-refractivity contribution in [3.05, 3.63) is 46.2 Å². The first-order valence-electron chi connectivity index (χ1n) is 6.72. The molecular formula is C16H17ClN2O2. The summed E-state index contributed by atoms with van der Waals surface area (Å²) in [5.41, 5.74) is 3.26. The molecule has 21 heavy (non-hydrogen) atoms. The number of nitrogens with zero attached hydrogens (tertiary/aromatic N) is 2. The number of rotatable bonds is 4. The number of carboxylic acid groups (broad SMARTS) is 1. The zero-order chi connectivity index (χ0) is 15.6. The van der Waals surface area contributed by atoms with Crippen LogP contribution in [0.5, 0.6) is 0 Å². The topological polar surface area (TPSA) is 63.1 Å². The summed E-state index contributed by atoms with van der Waals surface area (Å²) in [5.74, 6) is -0.705. The van der Waals surface area contributed by atoms with Crippen LogP contribution in [-0.4, -0.2) is 21.0 Å². The van der Waals surface area contributed by atoms with Gasteiger partial charge in [-0.3, -0.25) is 4.79 Å². The molecular weight excluding hydrogens is 288 g/mol. The van der Waals surface area contributed by atoms with E-state index in [1.807, 2.05) is 32.0 Å². The van der Waals surface area contributed by atoms with Gasteiger partial charge in [-0.1, -0.05) is 30.7 Å². The maximum atomic E-state index is 11.0. The lowest BCUT2D eigenvalue weighted by atomic mass is 9.99. The molecule has 0 amide bonds. The second kappa shape index (κ2) is 6.22. The van der Waals surface area contributed by atoms with Gasteiger partial charge in [-0.15, -0.1) is 0 Å². The number of carboxylic acids is 1. The molecule has 2 aromatic rings. The molecule has 1 unspecified atom stereocenters. The van der Waals surface area contributed by atoms with Gasteiger partial charge in [0.25, 0.3) is 0 Å². The van der Waals surface area contributed by atoms with Crippen LogP contribution in [0, 0.1) is 19.8 Å². The van der Waals surface area contributed by atoms with E-state index in [9.17, 15) is 4.79 Å². The summed E-state index contributed by atoms with van der Waals surface area (Å²) in [6, 6.07) is 7.41. The normalized spacial score (nSPS) is 12.2. The van der Waals surface area contributed by atoms with Crippen molar-refractivity contribution in [2.24, 2.45) is 5.92 Å². The Labute approximate surface area is 128 Å². The maximum Gasteiger partial charge on any atom is 0.306 e. The summed E-state index contributed by atoms with van der Waals surface area (Å²) in [6.07, 6.45) is 0.426. The van der Waals surface area contributed by atoms with Gasteiger partial charge in [-0.05, 0) is 38.0 Å². The third-order valence-corrected chi connectivity index (χ3v) is 3.80. The number of carbonyl (C=O) groups is 1. The van der Waals surface area contributed by atoms with Crippen molar-refractivity contribution in [3.63, 3.8) is 0 Å². The Morgan fingerprint density at radius 2 is 1.81 bits per heavy atom. The van der Waals surface area contributed by atoms with E-state index >= 15 is 0 Å². The molecule has 5 heteroatoms. The molecule has 0 bridgehead atoms. The molecule has 0 saturated heterocycles. The molecule has 2 rings (SSSR count). The van der Waals surface area contributed by atoms with E-state index in [1.165, 1.54) is 0 Å². The van der Waals surface area contributed by atoms with Gasteiger partial charge in [0, 0.05) is 17.0 Å². The van der Waals surface area contributed by atoms with Crippen LogP contribution in [0.1, 0.15) is 23.9 Å². The van der Waals surface area contributed by atoms with E-state index in [0.717, 1.165) is 22.5 Å². The quantitative estimate of drug-likeness (QED) is 0.936. The molecule has 1 heterocycles. The lowest BCUT2D eigenvalue weighted by Crippen LogP contribution is -2.15. The summed E-state index contributed by atoms with van der Waals surface area (Å²) < 4.78 is 0. The Kier molecular flexibility index (Phi) is 4.58. The smallest absolute Gasteiger partial charge is 0.306 e. The lowest BCUT2D eigenvalue weighted by Gasteiger charge is -2.13. The van der Waals surface area contributed by atoms with E-state index < -0.39 is 11.9 Å². The van der Waals surface area contributed by atoms with Gasteiger partial charge in [-0.25, -0.2) is 9.97 Å². The largest absolute Gasteiger partial charge is 0.481 e. The first-order valence-corrected chi connectivity index (χ1v) is 7.09. The van der Waals surface area contributed by atoms with E-state index in [-0.39, 0.29) is 0 Å². The summed E-state index contributed by atoms with van der Waals surface area (Å²) in [5, 5.41) is 9.64. The highest BCUT2D eigenvalue weighted by Crippen LogP contribution is 2.26. The van der Waals surface area contributed by atoms with E-state index in [2.05, 4.69) is 9.97 Å². The third kappa shape index (κ3) is 3.39. The Morgan fingerprint density at radius 1 is 1.24 bits per heavy atom. The van der Waals surface area contributed by atoms with Crippen molar-refractivity contribution >= 4 is 17.6 Å². The van der Waals surface area contributed by atoms with Crippen molar-refractivity contribution in [1.82, 2.24) is 9.97 Å². The molecule has 0 saturated carbocycles. The number of hydrogen-bond acceptors (Lipinski definition) is 3. The lowest BCUT2D eigenvalue weighted by molar-refractivity contribution is -0.141. The van der Waals surface area contributed by atoms with Gasteiger partial charge >= 0.3 is 5.97 Å². The fraction of sp³-hybridized carbons (Fsp3) is 0.312. The number of halogens is 1. The van der Waals surface area contributed by atoms with Gasteiger partial charge in [0.1, 0.15) is 0 Å². The van der Waals surface area contributed by atoms with Crippen molar-refractivity contribution < 1.29 is 9.90 Å². The standard InChI is InChI=1S/C16H17ClN2O2/c1-9(16(20)21)8-13-10(2)18-15(19-11(13)3)12-6-4-5-7-14(12)17/h4-7,9H,8H2,1-3H3,(H,20,21). The Hall–Kier alpha value is -1.94. The van der Waals surface area contributed by atoms with Crippen LogP contribution in [0.3, 0.4) is 0 Å². The summed E-state index contributed by atoms with van der Waals surface area (Å²) >= 11 is 6.17. The van der Waals surface area contributed by atoms with Crippen molar-refractivity contribution in [2.45, 2.75) is 27.2 Å². The third-order valence-electron chi connectivity index (χ3n) is 3.47. The van der Waals surface area contributed by atoms with Crippen LogP contribution in [0.2, 0.25) is 5.02 Å². The molecule has 0 radical (unpaired) electrons. The highest BCUT2D eigenvalue weighted by Gasteiger charge is 2.17. The molecule has 1 aromatic carbocycles. The van der Waals surface area contributed by atoms with Crippen LogP contribution in [0.4, 0.5) is 0 Å². The van der Waals surface area contributed by atoms with Gasteiger partial charge in [0.15, 0.2) is 5.82 Å². The van der Waals surface area contributed by atoms with E-state index in [1.54, 1.807) is 13.0 Å². The summed E-state index contributed by atoms with van der Waals surface area (Å²) in [7, 11) is 0. The molecule has 1 atom stereocenters. The zero-order valence-corrected chi connectivity index (χ0v) is 13.0. The maximum absolute atomic E-state index is 11.0. The average molecular weight is 305 g/mol. The first-order chi connectivity index (χ1) is 9.90. The number of hydrogen-bond donors (Lipinski definition) is 1. The molecule has 110 valence electrons. The minimum absolute atomic E-state index is 0.426. The zero-order valence-electron chi connectivity index (χ0n) is 12.2. The Balaban J connectivity index is 2.42. The van der Waals surface area contributed by atoms with Crippen molar-refractivity contribution in [2.75, 3.05) is 0 Å². The number of aromatic nitrogens is 2. The van der Waals surface area contributed by atoms with Gasteiger partial charge < -0.3 is 5.11 Å². The highest BCUT2D eigenvalue weighted by molar-refractivity contribution is 6.33. The molecule has 0 fully saturated rings. The summed E-state index contributed by atoms with van der Waals surface area (Å²) in [6.45, 7) is 5.43. The molecule has 0 aliphatic heterocycles. The summed E-state index contributed by atoms with van der Waals surface area (Å²) in [4.78, 5) is 20.0. The minimum Gasteiger partial charge on any atom is -0.481 e. The fourth-order valence-corrected chi connectivity index (χ4v) is 2.41. The van der Waals surface area contributed by atoms with Crippen LogP contribution in [0.15, 0.2) is 24.3 Å². The minimum atomic E-state index is -0.816. The van der Waals surface area contributed by atoms with Gasteiger partial charge in [0.2, 0.25) is 0 Å². The van der Waals surface area contributed by atoms with Crippen LogP contribution in [0.25, 0.3) is 11.4 Å². The van der Waals surface area contributed by atoms with Crippen LogP contribution < -0.4 is 0 Å². The average Bonchev–Trinajstić information content (AvgIpc) is 2.42. The highest BCUT2D eigenvalue weighted by atomic mass is 35.5. The number of aryl methyl sites for hydroxylation is 2. The molecule has 0 aliphatic rings. The van der Waals surface area contributed by atoms with Gasteiger partial charge in [0.05, 0.1) is 10.9 Å². The predicted molar refractivity (Wildman–Crippen MR) is 82.5 cm³/mol. The fourth-order valence-electron chi connectivity index (χ4n) is 2.19. The van der Waals surface area contributed by atoms with Crippen molar-refractivity contribution in [3.8, 4) is 11.4 Å². The second-order valence-corrected chi connectivity index (χ2v) is 5.53. The second-order valence-electron chi connectivity index (χ2n) is 5.12. The number of aliphatic carboxylic acids is 1. The van der Waals surface area contributed by atoms with Gasteiger partial charge in [-0.2, -0.15) is 0 Å². The van der Waals surface area contributed by atoms with E-state index in [4.69, 9.17) is 16.7 Å². The SMILES string of the molecule is Cc1nc(-c2ccccc2Cl)nc(C)c1CC(C)C(=O)O. The number of benzene rings is 1. The first kappa shape index (κ1) is 15.4. The monoisotopic (exact) mass is 304 g/mol. The molecule has 1 aromatic heterocycles. The molecule has 1 N–H and O–H groups in total. The van der Waals surface area contributed by atoms with Crippen LogP contribution in [-0.2, 0) is 11.2 Å². The molecule has 4 nitrogen and oxygen atoms in total.